The topological polar surface area (TPSA) is 42.9 Å². The summed E-state index contributed by atoms with van der Waals surface area (Å²) in [5.41, 5.74) is 8.26. The van der Waals surface area contributed by atoms with Crippen molar-refractivity contribution in [2.75, 3.05) is 5.75 Å². The number of rotatable bonds is 1. The van der Waals surface area contributed by atoms with Crippen molar-refractivity contribution in [2.45, 2.75) is 13.3 Å². The van der Waals surface area contributed by atoms with Gasteiger partial charge in [-0.2, -0.15) is 0 Å². The predicted octanol–water partition coefficient (Wildman–Crippen LogP) is 7.28. The van der Waals surface area contributed by atoms with Gasteiger partial charge >= 0.3 is 0 Å². The molecule has 0 saturated carbocycles. The molecule has 1 spiro atoms. The van der Waals surface area contributed by atoms with Crippen LogP contribution >= 0.6 is 10.8 Å². The molecule has 4 aromatic carbocycles. The number of aromatic nitrogens is 2. The van der Waals surface area contributed by atoms with Gasteiger partial charge in [0.25, 0.3) is 0 Å². The summed E-state index contributed by atoms with van der Waals surface area (Å²) in [6, 6.07) is 35.6. The highest BCUT2D eigenvalue weighted by molar-refractivity contribution is 8.28. The van der Waals surface area contributed by atoms with Crippen molar-refractivity contribution in [3.05, 3.63) is 114 Å². The number of hydrogen-bond acceptors (Lipinski definition) is 3. The van der Waals surface area contributed by atoms with Gasteiger partial charge in [0.05, 0.1) is 16.8 Å². The molecule has 0 amide bonds. The maximum absolute atomic E-state index is 5.56. The fourth-order valence-electron chi connectivity index (χ4n) is 4.29. The largest absolute Gasteiger partial charge is 0.227 e. The first-order chi connectivity index (χ1) is 16.2. The van der Waals surface area contributed by atoms with Crippen LogP contribution in [0, 0.1) is 6.92 Å². The summed E-state index contributed by atoms with van der Waals surface area (Å²) in [4.78, 5) is 4.95. The van der Waals surface area contributed by atoms with Gasteiger partial charge in [-0.1, -0.05) is 99.2 Å². The van der Waals surface area contributed by atoms with Gasteiger partial charge in [0.15, 0.2) is 5.82 Å². The van der Waals surface area contributed by atoms with Crippen LogP contribution in [0.1, 0.15) is 11.1 Å². The van der Waals surface area contributed by atoms with Crippen molar-refractivity contribution in [3.63, 3.8) is 0 Å². The number of aryl methyl sites for hydroxylation is 2. The minimum atomic E-state index is -1.70. The molecule has 1 saturated heterocycles. The molecule has 1 aromatic heterocycles. The molecule has 164 valence electrons. The van der Waals surface area contributed by atoms with Crippen molar-refractivity contribution in [1.82, 2.24) is 8.96 Å². The van der Waals surface area contributed by atoms with Crippen LogP contribution in [0.3, 0.4) is 0 Å². The Morgan fingerprint density at radius 2 is 1.45 bits per heavy atom. The Labute approximate surface area is 195 Å². The molecule has 0 atom stereocenters. The first kappa shape index (κ1) is 20.2. The highest BCUT2D eigenvalue weighted by atomic mass is 32.3. The summed E-state index contributed by atoms with van der Waals surface area (Å²) in [5.74, 6) is 1.81. The molecule has 3 heterocycles. The van der Waals surface area contributed by atoms with E-state index >= 15 is 0 Å². The lowest BCUT2D eigenvalue weighted by Gasteiger charge is -2.17. The van der Waals surface area contributed by atoms with E-state index in [9.17, 15) is 0 Å². The normalized spacial score (nSPS) is 16.2. The molecular weight excluding hydrogens is 428 g/mol. The van der Waals surface area contributed by atoms with E-state index in [4.69, 9.17) is 13.7 Å². The third-order valence-electron chi connectivity index (χ3n) is 6.05. The number of para-hydroxylation sites is 2. The molecule has 0 radical (unpaired) electrons. The third kappa shape index (κ3) is 3.74. The van der Waals surface area contributed by atoms with E-state index in [-0.39, 0.29) is 0 Å². The molecule has 0 aliphatic carbocycles. The van der Waals surface area contributed by atoms with E-state index in [1.54, 1.807) is 0 Å². The smallest absolute Gasteiger partial charge is 0.160 e. The molecule has 0 N–H and O–H groups in total. The number of benzene rings is 4. The Bertz CT molecular complexity index is 1430. The third-order valence-corrected chi connectivity index (χ3v) is 8.15. The average molecular weight is 453 g/mol. The maximum Gasteiger partial charge on any atom is 0.160 e. The Balaban J connectivity index is 0.000000255. The maximum atomic E-state index is 5.56. The Morgan fingerprint density at radius 1 is 0.758 bits per heavy atom. The van der Waals surface area contributed by atoms with Gasteiger partial charge in [-0.25, -0.2) is 8.96 Å². The fourth-order valence-corrected chi connectivity index (χ4v) is 6.33. The van der Waals surface area contributed by atoms with Gasteiger partial charge in [0.1, 0.15) is 0 Å². The number of imidazole rings is 1. The molecule has 5 aromatic rings. The Kier molecular flexibility index (Phi) is 5.03. The Hall–Kier alpha value is -3.38. The summed E-state index contributed by atoms with van der Waals surface area (Å²) >= 11 is 0. The number of fused-ring (bicyclic) bond motifs is 6. The second kappa shape index (κ2) is 8.19. The van der Waals surface area contributed by atoms with Crippen LogP contribution in [0.25, 0.3) is 33.5 Å². The zero-order chi connectivity index (χ0) is 22.3. The molecule has 0 unspecified atom stereocenters. The van der Waals surface area contributed by atoms with Gasteiger partial charge in [-0.3, -0.25) is 0 Å². The van der Waals surface area contributed by atoms with Crippen LogP contribution in [-0.4, -0.2) is 14.7 Å². The fraction of sp³-hybridized carbons (Fsp3) is 0.107. The summed E-state index contributed by atoms with van der Waals surface area (Å²) < 4.78 is 13.3. The number of nitrogens with zero attached hydrogens (tertiary/aromatic N) is 2. The minimum Gasteiger partial charge on any atom is -0.227 e. The second-order valence-corrected chi connectivity index (χ2v) is 10.5. The lowest BCUT2D eigenvalue weighted by molar-refractivity contribution is 0.0850. The van der Waals surface area contributed by atoms with E-state index in [1.807, 2.05) is 42.5 Å². The van der Waals surface area contributed by atoms with Gasteiger partial charge in [0, 0.05) is 5.56 Å². The summed E-state index contributed by atoms with van der Waals surface area (Å²) in [6.07, 6.45) is 0.928. The SMILES string of the molecule is Cc1ccccc1.c1ccc(-c2ccc3c(c2)-c2nc4ccccc4n2S2(CC3)OO2)cc1. The molecule has 5 heteroatoms. The first-order valence-corrected chi connectivity index (χ1v) is 12.7. The Morgan fingerprint density at radius 3 is 2.15 bits per heavy atom. The lowest BCUT2D eigenvalue weighted by Crippen LogP contribution is -2.01. The van der Waals surface area contributed by atoms with Crippen molar-refractivity contribution >= 4 is 21.8 Å². The monoisotopic (exact) mass is 452 g/mol. The molecule has 7 rings (SSSR count). The van der Waals surface area contributed by atoms with Gasteiger partial charge in [-0.15, -0.1) is 0 Å². The highest BCUT2D eigenvalue weighted by Gasteiger charge is 2.45. The van der Waals surface area contributed by atoms with E-state index in [1.165, 1.54) is 27.8 Å². The average Bonchev–Trinajstić information content (AvgIpc) is 3.57. The van der Waals surface area contributed by atoms with Gasteiger partial charge in [0.2, 0.25) is 0 Å². The molecule has 1 fully saturated rings. The van der Waals surface area contributed by atoms with Gasteiger partial charge < -0.3 is 0 Å². The predicted molar refractivity (Wildman–Crippen MR) is 136 cm³/mol. The van der Waals surface area contributed by atoms with E-state index in [0.29, 0.717) is 0 Å². The summed E-state index contributed by atoms with van der Waals surface area (Å²) in [6.45, 7) is 2.08. The zero-order valence-electron chi connectivity index (χ0n) is 18.3. The summed E-state index contributed by atoms with van der Waals surface area (Å²) in [7, 11) is -1.70. The molecule has 2 aliphatic heterocycles. The van der Waals surface area contributed by atoms with Crippen molar-refractivity contribution < 1.29 is 8.67 Å². The molecule has 4 nitrogen and oxygen atoms in total. The van der Waals surface area contributed by atoms with Crippen molar-refractivity contribution in [2.24, 2.45) is 0 Å². The van der Waals surface area contributed by atoms with Crippen molar-refractivity contribution in [1.29, 1.82) is 0 Å². The van der Waals surface area contributed by atoms with E-state index < -0.39 is 10.8 Å². The van der Waals surface area contributed by atoms with E-state index in [0.717, 1.165) is 29.0 Å². The van der Waals surface area contributed by atoms with Crippen LogP contribution in [0.4, 0.5) is 0 Å². The molecule has 33 heavy (non-hydrogen) atoms. The first-order valence-electron chi connectivity index (χ1n) is 11.1. The lowest BCUT2D eigenvalue weighted by atomic mass is 9.97. The number of hydrogen-bond donors (Lipinski definition) is 0. The standard InChI is InChI=1S/C21H16N2O2S.C7H8/c1-2-6-15(7-3-1)17-11-10-16-12-13-26(24-25-26)23-20-9-5-4-8-19(20)22-21(23)18(16)14-17;1-7-5-3-2-4-6-7/h1-11,14H,12-13H2;2-6H,1H3. The highest BCUT2D eigenvalue weighted by Crippen LogP contribution is 2.69. The zero-order valence-corrected chi connectivity index (χ0v) is 19.2. The van der Waals surface area contributed by atoms with Crippen LogP contribution < -0.4 is 0 Å². The van der Waals surface area contributed by atoms with Crippen LogP contribution in [0.2, 0.25) is 0 Å². The van der Waals surface area contributed by atoms with Crippen molar-refractivity contribution in [3.8, 4) is 22.5 Å². The summed E-state index contributed by atoms with van der Waals surface area (Å²) in [5, 5.41) is 0. The molecule has 0 bridgehead atoms. The molecule has 2 aliphatic rings. The quantitative estimate of drug-likeness (QED) is 0.198. The second-order valence-electron chi connectivity index (χ2n) is 8.28. The van der Waals surface area contributed by atoms with E-state index in [2.05, 4.69) is 71.6 Å². The van der Waals surface area contributed by atoms with Crippen LogP contribution in [0.5, 0.6) is 0 Å². The van der Waals surface area contributed by atoms with Gasteiger partial charge in [-0.05, 0) is 59.0 Å². The van der Waals surface area contributed by atoms with Crippen LogP contribution in [0.15, 0.2) is 103 Å². The van der Waals surface area contributed by atoms with Crippen LogP contribution in [-0.2, 0) is 15.1 Å². The molecular formula is C28H24N2O2S. The minimum absolute atomic E-state index is 0.859.